The van der Waals surface area contributed by atoms with Crippen LogP contribution in [0.3, 0.4) is 0 Å². The first-order valence-electron chi connectivity index (χ1n) is 11.4. The van der Waals surface area contributed by atoms with Gasteiger partial charge in [0, 0.05) is 23.1 Å². The summed E-state index contributed by atoms with van der Waals surface area (Å²) in [5.41, 5.74) is 3.98. The fourth-order valence-corrected chi connectivity index (χ4v) is 4.25. The number of H-pyrrole nitrogens is 1. The molecule has 0 bridgehead atoms. The number of esters is 1. The van der Waals surface area contributed by atoms with Crippen LogP contribution in [-0.4, -0.2) is 29.0 Å². The van der Waals surface area contributed by atoms with Gasteiger partial charge in [0.25, 0.3) is 5.91 Å². The van der Waals surface area contributed by atoms with E-state index >= 15 is 0 Å². The Morgan fingerprint density at radius 3 is 2.45 bits per heavy atom. The van der Waals surface area contributed by atoms with Crippen molar-refractivity contribution in [1.82, 2.24) is 10.3 Å². The number of aromatic amines is 1. The highest BCUT2D eigenvalue weighted by molar-refractivity contribution is 6.10. The maximum absolute atomic E-state index is 14.1. The molecule has 33 heavy (non-hydrogen) atoms. The lowest BCUT2D eigenvalue weighted by Crippen LogP contribution is -2.34. The topological polar surface area (TPSA) is 71.2 Å². The van der Waals surface area contributed by atoms with Gasteiger partial charge in [-0.25, -0.2) is 4.39 Å². The minimum absolute atomic E-state index is 0.189. The quantitative estimate of drug-likeness (QED) is 0.500. The third kappa shape index (κ3) is 4.80. The monoisotopic (exact) mass is 450 g/mol. The summed E-state index contributed by atoms with van der Waals surface area (Å²) in [7, 11) is 0. The van der Waals surface area contributed by atoms with Crippen LogP contribution < -0.4 is 5.32 Å². The number of halogens is 1. The molecule has 0 saturated carbocycles. The van der Waals surface area contributed by atoms with Crippen molar-refractivity contribution >= 4 is 22.8 Å². The van der Waals surface area contributed by atoms with Crippen molar-refractivity contribution in [2.75, 3.05) is 6.54 Å². The highest BCUT2D eigenvalue weighted by Gasteiger charge is 2.32. The molecule has 6 heteroatoms. The molecule has 1 amide bonds. The number of carbonyl (C=O) groups excluding carboxylic acids is 2. The Kier molecular flexibility index (Phi) is 5.81. The molecule has 0 aliphatic carbocycles. The van der Waals surface area contributed by atoms with E-state index in [1.54, 1.807) is 0 Å². The van der Waals surface area contributed by atoms with Crippen molar-refractivity contribution in [3.63, 3.8) is 0 Å². The maximum Gasteiger partial charge on any atom is 0.312 e. The predicted molar refractivity (Wildman–Crippen MR) is 128 cm³/mol. The number of aromatic nitrogens is 1. The molecule has 0 saturated heterocycles. The number of rotatable bonds is 5. The molecule has 0 radical (unpaired) electrons. The van der Waals surface area contributed by atoms with Crippen molar-refractivity contribution in [2.24, 2.45) is 5.41 Å². The third-order valence-corrected chi connectivity index (χ3v) is 6.10. The van der Waals surface area contributed by atoms with E-state index in [0.29, 0.717) is 30.5 Å². The van der Waals surface area contributed by atoms with Gasteiger partial charge < -0.3 is 15.0 Å². The van der Waals surface area contributed by atoms with E-state index in [0.717, 1.165) is 34.2 Å². The van der Waals surface area contributed by atoms with Gasteiger partial charge in [0.2, 0.25) is 0 Å². The average molecular weight is 451 g/mol. The van der Waals surface area contributed by atoms with Gasteiger partial charge in [-0.15, -0.1) is 0 Å². The maximum atomic E-state index is 14.1. The first-order chi connectivity index (χ1) is 15.4. The van der Waals surface area contributed by atoms with Crippen LogP contribution in [0.15, 0.2) is 36.4 Å². The van der Waals surface area contributed by atoms with Gasteiger partial charge in [0.05, 0.1) is 11.0 Å². The largest absolute Gasteiger partial charge is 0.460 e. The minimum Gasteiger partial charge on any atom is -0.460 e. The molecule has 0 atom stereocenters. The number of amides is 1. The molecule has 174 valence electrons. The lowest BCUT2D eigenvalue weighted by Gasteiger charge is -2.28. The number of nitrogens with one attached hydrogen (secondary N) is 2. The molecule has 4 rings (SSSR count). The Labute approximate surface area is 193 Å². The Hall–Kier alpha value is -3.15. The van der Waals surface area contributed by atoms with Gasteiger partial charge >= 0.3 is 5.97 Å². The van der Waals surface area contributed by atoms with Crippen LogP contribution >= 0.6 is 0 Å². The summed E-state index contributed by atoms with van der Waals surface area (Å²) < 4.78 is 19.7. The van der Waals surface area contributed by atoms with E-state index in [-0.39, 0.29) is 11.9 Å². The normalized spacial score (nSPS) is 14.2. The SMILES string of the molecule is CC(C)(C)OC(=O)C(C)(C)CCc1ccc(-c2[nH]c3cc(F)cc4c3c2CCNC4=O)cc1. The Morgan fingerprint density at radius 2 is 1.79 bits per heavy atom. The zero-order valence-electron chi connectivity index (χ0n) is 19.9. The van der Waals surface area contributed by atoms with Crippen LogP contribution in [-0.2, 0) is 22.4 Å². The molecule has 5 nitrogen and oxygen atoms in total. The lowest BCUT2D eigenvalue weighted by atomic mass is 9.86. The van der Waals surface area contributed by atoms with E-state index in [4.69, 9.17) is 4.74 Å². The van der Waals surface area contributed by atoms with Gasteiger partial charge in [-0.2, -0.15) is 0 Å². The highest BCUT2D eigenvalue weighted by Crippen LogP contribution is 2.35. The number of hydrogen-bond donors (Lipinski definition) is 2. The first kappa shape index (κ1) is 23.0. The molecule has 2 aromatic carbocycles. The molecular formula is C27H31FN2O3. The zero-order valence-corrected chi connectivity index (χ0v) is 19.9. The molecule has 2 N–H and O–H groups in total. The van der Waals surface area contributed by atoms with Gasteiger partial charge in [-0.3, -0.25) is 9.59 Å². The summed E-state index contributed by atoms with van der Waals surface area (Å²) in [5, 5.41) is 3.65. The van der Waals surface area contributed by atoms with Crippen LogP contribution in [0.5, 0.6) is 0 Å². The second-order valence-corrected chi connectivity index (χ2v) is 10.4. The smallest absolute Gasteiger partial charge is 0.312 e. The molecule has 2 heterocycles. The summed E-state index contributed by atoms with van der Waals surface area (Å²) >= 11 is 0. The molecule has 0 spiro atoms. The van der Waals surface area contributed by atoms with Gasteiger partial charge in [-0.05, 0) is 82.7 Å². The summed E-state index contributed by atoms with van der Waals surface area (Å²) in [4.78, 5) is 28.2. The first-order valence-corrected chi connectivity index (χ1v) is 11.4. The number of hydrogen-bond acceptors (Lipinski definition) is 3. The van der Waals surface area contributed by atoms with Crippen molar-refractivity contribution < 1.29 is 18.7 Å². The van der Waals surface area contributed by atoms with E-state index in [9.17, 15) is 14.0 Å². The third-order valence-electron chi connectivity index (χ3n) is 6.10. The molecule has 0 unspecified atom stereocenters. The van der Waals surface area contributed by atoms with Crippen LogP contribution in [0.4, 0.5) is 4.39 Å². The minimum atomic E-state index is -0.578. The van der Waals surface area contributed by atoms with Gasteiger partial charge in [-0.1, -0.05) is 24.3 Å². The van der Waals surface area contributed by atoms with Crippen LogP contribution in [0.2, 0.25) is 0 Å². The van der Waals surface area contributed by atoms with Gasteiger partial charge in [0.15, 0.2) is 0 Å². The summed E-state index contributed by atoms with van der Waals surface area (Å²) in [6.07, 6.45) is 2.10. The standard InChI is InChI=1S/C27H31FN2O3/c1-26(2,3)33-25(32)27(4,5)12-10-16-6-8-17(9-7-16)23-19-11-13-29-24(31)20-14-18(28)15-21(30-23)22(19)20/h6-9,14-15,30H,10-13H2,1-5H3,(H,29,31). The van der Waals surface area contributed by atoms with Crippen LogP contribution in [0.25, 0.3) is 22.2 Å². The molecular weight excluding hydrogens is 419 g/mol. The summed E-state index contributed by atoms with van der Waals surface area (Å²) in [6, 6.07) is 10.9. The zero-order chi connectivity index (χ0) is 24.0. The Bertz CT molecular complexity index is 1220. The highest BCUT2D eigenvalue weighted by atomic mass is 19.1. The van der Waals surface area contributed by atoms with E-state index in [2.05, 4.69) is 22.4 Å². The van der Waals surface area contributed by atoms with E-state index < -0.39 is 16.8 Å². The molecule has 0 fully saturated rings. The second-order valence-electron chi connectivity index (χ2n) is 10.4. The number of aryl methyl sites for hydroxylation is 1. The fourth-order valence-electron chi connectivity index (χ4n) is 4.25. The van der Waals surface area contributed by atoms with E-state index in [1.165, 1.54) is 12.1 Å². The fraction of sp³-hybridized carbons (Fsp3) is 0.407. The molecule has 1 aromatic heterocycles. The van der Waals surface area contributed by atoms with Crippen molar-refractivity contribution in [1.29, 1.82) is 0 Å². The van der Waals surface area contributed by atoms with E-state index in [1.807, 2.05) is 46.8 Å². The number of ether oxygens (including phenoxy) is 1. The molecule has 1 aliphatic rings. The number of carbonyl (C=O) groups is 2. The molecule has 1 aliphatic heterocycles. The van der Waals surface area contributed by atoms with Gasteiger partial charge in [0.1, 0.15) is 11.4 Å². The van der Waals surface area contributed by atoms with Crippen LogP contribution in [0, 0.1) is 11.2 Å². The van der Waals surface area contributed by atoms with Crippen molar-refractivity contribution in [3.05, 3.63) is 58.9 Å². The number of benzene rings is 2. The summed E-state index contributed by atoms with van der Waals surface area (Å²) in [6.45, 7) is 9.97. The summed E-state index contributed by atoms with van der Waals surface area (Å²) in [5.74, 6) is -0.866. The second kappa shape index (κ2) is 8.32. The molecule has 3 aromatic rings. The van der Waals surface area contributed by atoms with Crippen molar-refractivity contribution in [2.45, 2.75) is 59.5 Å². The average Bonchev–Trinajstić information content (AvgIpc) is 3.00. The Balaban J connectivity index is 1.57. The Morgan fingerprint density at radius 1 is 1.09 bits per heavy atom. The van der Waals surface area contributed by atoms with Crippen LogP contribution in [0.1, 0.15) is 62.5 Å². The lowest BCUT2D eigenvalue weighted by molar-refractivity contribution is -0.166. The van der Waals surface area contributed by atoms with Crippen molar-refractivity contribution in [3.8, 4) is 11.3 Å². The predicted octanol–water partition coefficient (Wildman–Crippen LogP) is 5.56.